The number of nitrogens with one attached hydrogen (secondary N) is 1. The molecule has 2 rings (SSSR count). The fourth-order valence-corrected chi connectivity index (χ4v) is 4.59. The van der Waals surface area contributed by atoms with Gasteiger partial charge in [-0.2, -0.15) is 0 Å². The van der Waals surface area contributed by atoms with Gasteiger partial charge in [-0.15, -0.1) is 0 Å². The zero-order valence-electron chi connectivity index (χ0n) is 20.9. The molecule has 1 fully saturated rings. The molecule has 1 aliphatic heterocycles. The van der Waals surface area contributed by atoms with Crippen molar-refractivity contribution in [1.29, 1.82) is 0 Å². The number of nitrogens with zero attached hydrogens (tertiary/aromatic N) is 1. The second-order valence-corrected chi connectivity index (χ2v) is 15.7. The third kappa shape index (κ3) is 7.81. The molecule has 0 bridgehead atoms. The Labute approximate surface area is 193 Å². The van der Waals surface area contributed by atoms with E-state index < -0.39 is 26.1 Å². The van der Waals surface area contributed by atoms with Crippen molar-refractivity contribution in [3.05, 3.63) is 35.9 Å². The Morgan fingerprint density at radius 3 is 2.28 bits per heavy atom. The third-order valence-electron chi connectivity index (χ3n) is 5.97. The van der Waals surface area contributed by atoms with Gasteiger partial charge < -0.3 is 24.1 Å². The number of hydrogen-bond donors (Lipinski definition) is 1. The van der Waals surface area contributed by atoms with Crippen molar-refractivity contribution in [1.82, 2.24) is 10.2 Å². The average Bonchev–Trinajstić information content (AvgIpc) is 2.65. The summed E-state index contributed by atoms with van der Waals surface area (Å²) < 4.78 is 17.6. The van der Waals surface area contributed by atoms with Crippen LogP contribution < -0.4 is 5.32 Å². The smallest absolute Gasteiger partial charge is 0.410 e. The Morgan fingerprint density at radius 1 is 1.09 bits per heavy atom. The zero-order chi connectivity index (χ0) is 24.2. The second kappa shape index (κ2) is 10.3. The number of ether oxygens (including phenoxy) is 2. The van der Waals surface area contributed by atoms with Crippen LogP contribution in [0, 0.1) is 0 Å². The summed E-state index contributed by atoms with van der Waals surface area (Å²) in [5, 5.41) is 2.98. The molecule has 32 heavy (non-hydrogen) atoms. The molecule has 0 aromatic heterocycles. The lowest BCUT2D eigenvalue weighted by atomic mass is 10.0. The highest BCUT2D eigenvalue weighted by molar-refractivity contribution is 6.74. The Balaban J connectivity index is 2.08. The van der Waals surface area contributed by atoms with Crippen LogP contribution in [-0.2, 0) is 20.5 Å². The molecule has 0 radical (unpaired) electrons. The number of piperidine rings is 1. The Hall–Kier alpha value is -2.06. The van der Waals surface area contributed by atoms with Crippen LogP contribution in [0.25, 0.3) is 0 Å². The molecule has 1 aromatic carbocycles. The Morgan fingerprint density at radius 2 is 1.72 bits per heavy atom. The van der Waals surface area contributed by atoms with E-state index >= 15 is 0 Å². The van der Waals surface area contributed by atoms with Gasteiger partial charge in [0.25, 0.3) is 0 Å². The van der Waals surface area contributed by atoms with Gasteiger partial charge in [-0.25, -0.2) is 9.59 Å². The van der Waals surface area contributed by atoms with Crippen LogP contribution in [0.3, 0.4) is 0 Å². The number of likely N-dealkylation sites (tertiary alicyclic amines) is 1. The maximum Gasteiger partial charge on any atom is 0.410 e. The van der Waals surface area contributed by atoms with E-state index in [4.69, 9.17) is 13.9 Å². The van der Waals surface area contributed by atoms with E-state index in [1.165, 1.54) is 0 Å². The molecule has 7 nitrogen and oxygen atoms in total. The standard InChI is InChI=1S/C24H40N2O5Si/c1-23(2,3)30-21(27)25-19-16-26(22(28)29-17-18-12-10-9-11-13-18)15-14-20(19)31-32(7,8)24(4,5)6/h9-13,19-20H,14-17H2,1-8H3,(H,25,27). The first kappa shape index (κ1) is 26.2. The summed E-state index contributed by atoms with van der Waals surface area (Å²) >= 11 is 0. The van der Waals surface area contributed by atoms with Gasteiger partial charge >= 0.3 is 12.2 Å². The molecule has 1 saturated heterocycles. The van der Waals surface area contributed by atoms with E-state index in [1.807, 2.05) is 51.1 Å². The molecule has 1 aliphatic rings. The van der Waals surface area contributed by atoms with Crippen molar-refractivity contribution >= 4 is 20.5 Å². The summed E-state index contributed by atoms with van der Waals surface area (Å²) in [6, 6.07) is 9.20. The first-order valence-electron chi connectivity index (χ1n) is 11.3. The SMILES string of the molecule is CC(C)(C)OC(=O)NC1CN(C(=O)OCc2ccccc2)CCC1O[Si](C)(C)C(C)(C)C. The maximum absolute atomic E-state index is 12.7. The van der Waals surface area contributed by atoms with Crippen LogP contribution in [0.2, 0.25) is 18.1 Å². The van der Waals surface area contributed by atoms with E-state index in [0.29, 0.717) is 19.5 Å². The second-order valence-electron chi connectivity index (χ2n) is 10.9. The summed E-state index contributed by atoms with van der Waals surface area (Å²) in [5.41, 5.74) is 0.323. The van der Waals surface area contributed by atoms with Crippen LogP contribution in [0.15, 0.2) is 30.3 Å². The lowest BCUT2D eigenvalue weighted by Gasteiger charge is -2.45. The van der Waals surface area contributed by atoms with Crippen molar-refractivity contribution in [2.45, 2.75) is 90.4 Å². The lowest BCUT2D eigenvalue weighted by molar-refractivity contribution is 0.0213. The number of alkyl carbamates (subject to hydrolysis) is 1. The topological polar surface area (TPSA) is 77.1 Å². The summed E-state index contributed by atoms with van der Waals surface area (Å²) in [6.45, 7) is 17.5. The van der Waals surface area contributed by atoms with Crippen LogP contribution in [-0.4, -0.2) is 56.2 Å². The van der Waals surface area contributed by atoms with E-state index in [9.17, 15) is 9.59 Å². The fourth-order valence-electron chi connectivity index (χ4n) is 3.20. The summed E-state index contributed by atoms with van der Waals surface area (Å²) in [7, 11) is -2.07. The molecule has 2 amide bonds. The van der Waals surface area contributed by atoms with E-state index in [2.05, 4.69) is 39.2 Å². The van der Waals surface area contributed by atoms with E-state index in [1.54, 1.807) is 4.90 Å². The molecular weight excluding hydrogens is 424 g/mol. The van der Waals surface area contributed by atoms with Crippen LogP contribution >= 0.6 is 0 Å². The molecule has 1 heterocycles. The average molecular weight is 465 g/mol. The van der Waals surface area contributed by atoms with E-state index in [-0.39, 0.29) is 23.8 Å². The van der Waals surface area contributed by atoms with Crippen molar-refractivity contribution in [2.24, 2.45) is 0 Å². The van der Waals surface area contributed by atoms with Gasteiger partial charge in [0, 0.05) is 13.1 Å². The highest BCUT2D eigenvalue weighted by Crippen LogP contribution is 2.38. The maximum atomic E-state index is 12.7. The normalized spacial score (nSPS) is 19.9. The largest absolute Gasteiger partial charge is 0.445 e. The molecule has 2 atom stereocenters. The minimum absolute atomic E-state index is 0.0369. The van der Waals surface area contributed by atoms with Crippen LogP contribution in [0.5, 0.6) is 0 Å². The summed E-state index contributed by atoms with van der Waals surface area (Å²) in [4.78, 5) is 26.9. The molecule has 0 aliphatic carbocycles. The molecular formula is C24H40N2O5Si. The van der Waals surface area contributed by atoms with Gasteiger partial charge in [0.05, 0.1) is 12.1 Å². The van der Waals surface area contributed by atoms with E-state index in [0.717, 1.165) is 5.56 Å². The zero-order valence-corrected chi connectivity index (χ0v) is 21.9. The van der Waals surface area contributed by atoms with Crippen molar-refractivity contribution in [2.75, 3.05) is 13.1 Å². The Kier molecular flexibility index (Phi) is 8.39. The van der Waals surface area contributed by atoms with Gasteiger partial charge in [-0.05, 0) is 50.9 Å². The van der Waals surface area contributed by atoms with Crippen molar-refractivity contribution in [3.8, 4) is 0 Å². The molecule has 1 aromatic rings. The number of rotatable bonds is 5. The molecule has 8 heteroatoms. The van der Waals surface area contributed by atoms with Crippen LogP contribution in [0.1, 0.15) is 53.5 Å². The summed E-state index contributed by atoms with van der Waals surface area (Å²) in [6.07, 6.45) is -0.476. The highest BCUT2D eigenvalue weighted by Gasteiger charge is 2.43. The van der Waals surface area contributed by atoms with Gasteiger partial charge in [-0.3, -0.25) is 0 Å². The van der Waals surface area contributed by atoms with Gasteiger partial charge in [0.15, 0.2) is 8.32 Å². The van der Waals surface area contributed by atoms with Crippen molar-refractivity contribution < 1.29 is 23.5 Å². The predicted molar refractivity (Wildman–Crippen MR) is 128 cm³/mol. The molecule has 1 N–H and O–H groups in total. The number of amides is 2. The van der Waals surface area contributed by atoms with Gasteiger partial charge in [-0.1, -0.05) is 51.1 Å². The van der Waals surface area contributed by atoms with Crippen molar-refractivity contribution in [3.63, 3.8) is 0 Å². The molecule has 0 spiro atoms. The molecule has 0 saturated carbocycles. The number of benzene rings is 1. The lowest BCUT2D eigenvalue weighted by Crippen LogP contribution is -2.60. The third-order valence-corrected chi connectivity index (χ3v) is 10.5. The minimum Gasteiger partial charge on any atom is -0.445 e. The van der Waals surface area contributed by atoms with Gasteiger partial charge in [0.1, 0.15) is 12.2 Å². The Bertz CT molecular complexity index is 771. The minimum atomic E-state index is -2.07. The monoisotopic (exact) mass is 464 g/mol. The molecule has 180 valence electrons. The first-order chi connectivity index (χ1) is 14.7. The molecule has 2 unspecified atom stereocenters. The first-order valence-corrected chi connectivity index (χ1v) is 14.2. The fraction of sp³-hybridized carbons (Fsp3) is 0.667. The van der Waals surface area contributed by atoms with Crippen LogP contribution in [0.4, 0.5) is 9.59 Å². The number of carbonyl (C=O) groups excluding carboxylic acids is 2. The summed E-state index contributed by atoms with van der Waals surface area (Å²) in [5.74, 6) is 0. The highest BCUT2D eigenvalue weighted by atomic mass is 28.4. The predicted octanol–water partition coefficient (Wildman–Crippen LogP) is 5.31. The number of hydrogen-bond acceptors (Lipinski definition) is 5. The quantitative estimate of drug-likeness (QED) is 0.597. The van der Waals surface area contributed by atoms with Gasteiger partial charge in [0.2, 0.25) is 0 Å². The number of carbonyl (C=O) groups is 2.